The Morgan fingerprint density at radius 2 is 1.66 bits per heavy atom. The summed E-state index contributed by atoms with van der Waals surface area (Å²) in [5.74, 6) is -3.84. The summed E-state index contributed by atoms with van der Waals surface area (Å²) in [6.07, 6.45) is -0.799. The zero-order valence-electron chi connectivity index (χ0n) is 18.3. The number of carbonyl (C=O) groups excluding carboxylic acids is 2. The molecule has 0 radical (unpaired) electrons. The fourth-order valence-electron chi connectivity index (χ4n) is 3.07. The number of esters is 1. The number of carbonyl (C=O) groups is 2. The maximum Gasteiger partial charge on any atom is 0.331 e. The van der Waals surface area contributed by atoms with Crippen LogP contribution in [0.3, 0.4) is 0 Å². The van der Waals surface area contributed by atoms with E-state index in [1.807, 2.05) is 0 Å². The number of nitrogens with zero attached hydrogens (tertiary/aromatic N) is 1. The third-order valence-corrected chi connectivity index (χ3v) is 4.44. The van der Waals surface area contributed by atoms with Gasteiger partial charge in [0.2, 0.25) is 0 Å². The largest absolute Gasteiger partial charge is 0.467 e. The van der Waals surface area contributed by atoms with Gasteiger partial charge in [0.25, 0.3) is 11.6 Å². The number of nitrogens with one attached hydrogen (secondary N) is 1. The molecule has 2 aromatic carbocycles. The third-order valence-electron chi connectivity index (χ3n) is 4.44. The highest BCUT2D eigenvalue weighted by molar-refractivity contribution is 6.01. The highest BCUT2D eigenvalue weighted by Crippen LogP contribution is 2.28. The normalized spacial score (nSPS) is 13.2. The van der Waals surface area contributed by atoms with Gasteiger partial charge >= 0.3 is 5.97 Å². The lowest BCUT2D eigenvalue weighted by Gasteiger charge is -2.29. The van der Waals surface area contributed by atoms with Crippen LogP contribution in [0.5, 0.6) is 0 Å². The first kappa shape index (κ1) is 24.9. The van der Waals surface area contributed by atoms with Crippen LogP contribution < -0.4 is 5.32 Å². The van der Waals surface area contributed by atoms with Crippen LogP contribution in [0.1, 0.15) is 38.1 Å². The fourth-order valence-corrected chi connectivity index (χ4v) is 3.07. The Kier molecular flexibility index (Phi) is 7.63. The predicted molar refractivity (Wildman–Crippen MR) is 112 cm³/mol. The number of methoxy groups -OCH3 is 1. The van der Waals surface area contributed by atoms with Crippen molar-refractivity contribution in [3.05, 3.63) is 63.7 Å². The molecule has 0 aliphatic heterocycles. The lowest BCUT2D eigenvalue weighted by atomic mass is 10.0. The SMILES string of the molecule is COC(=O)[C@@H](NC(=O)c1ccc(-c2ccc(F)c(F)c2)cc1[N+](=O)[O-])[C@@H](C)OC(C)(C)C. The van der Waals surface area contributed by atoms with E-state index in [9.17, 15) is 28.5 Å². The molecule has 172 valence electrons. The summed E-state index contributed by atoms with van der Waals surface area (Å²) in [7, 11) is 1.14. The molecule has 0 aromatic heterocycles. The van der Waals surface area contributed by atoms with Gasteiger partial charge in [0.15, 0.2) is 17.7 Å². The molecule has 0 aliphatic carbocycles. The molecule has 0 fully saturated rings. The molecule has 0 heterocycles. The average Bonchev–Trinajstić information content (AvgIpc) is 2.71. The number of amides is 1. The number of ether oxygens (including phenoxy) is 2. The van der Waals surface area contributed by atoms with Crippen molar-refractivity contribution in [2.45, 2.75) is 45.4 Å². The molecule has 2 aromatic rings. The molecular formula is C22H24F2N2O6. The zero-order chi connectivity index (χ0) is 24.2. The number of halogens is 2. The van der Waals surface area contributed by atoms with E-state index in [1.54, 1.807) is 27.7 Å². The summed E-state index contributed by atoms with van der Waals surface area (Å²) in [4.78, 5) is 35.9. The second-order valence-electron chi connectivity index (χ2n) is 8.03. The molecule has 1 amide bonds. The molecule has 8 nitrogen and oxygen atoms in total. The molecule has 0 unspecified atom stereocenters. The molecule has 0 saturated carbocycles. The lowest BCUT2D eigenvalue weighted by Crippen LogP contribution is -2.51. The quantitative estimate of drug-likeness (QED) is 0.388. The Balaban J connectivity index is 2.39. The highest BCUT2D eigenvalue weighted by Gasteiger charge is 2.33. The summed E-state index contributed by atoms with van der Waals surface area (Å²) >= 11 is 0. The molecule has 0 spiro atoms. The van der Waals surface area contributed by atoms with Crippen LogP contribution in [-0.4, -0.2) is 41.7 Å². The number of hydrogen-bond acceptors (Lipinski definition) is 6. The van der Waals surface area contributed by atoms with E-state index in [4.69, 9.17) is 9.47 Å². The van der Waals surface area contributed by atoms with Crippen LogP contribution in [0.15, 0.2) is 36.4 Å². The maximum absolute atomic E-state index is 13.5. The lowest BCUT2D eigenvalue weighted by molar-refractivity contribution is -0.385. The zero-order valence-corrected chi connectivity index (χ0v) is 18.3. The second-order valence-corrected chi connectivity index (χ2v) is 8.03. The summed E-state index contributed by atoms with van der Waals surface area (Å²) in [6.45, 7) is 6.86. The molecule has 32 heavy (non-hydrogen) atoms. The summed E-state index contributed by atoms with van der Waals surface area (Å²) in [5.41, 5.74) is -1.12. The van der Waals surface area contributed by atoms with Gasteiger partial charge < -0.3 is 14.8 Å². The first-order chi connectivity index (χ1) is 14.8. The molecule has 2 rings (SSSR count). The van der Waals surface area contributed by atoms with E-state index in [0.717, 1.165) is 25.3 Å². The number of hydrogen-bond donors (Lipinski definition) is 1. The molecule has 0 saturated heterocycles. The van der Waals surface area contributed by atoms with Gasteiger partial charge in [-0.1, -0.05) is 12.1 Å². The molecule has 0 bridgehead atoms. The van der Waals surface area contributed by atoms with Gasteiger partial charge in [0.05, 0.1) is 23.7 Å². The summed E-state index contributed by atoms with van der Waals surface area (Å²) < 4.78 is 37.2. The minimum atomic E-state index is -1.22. The van der Waals surface area contributed by atoms with Crippen LogP contribution >= 0.6 is 0 Å². The number of nitro benzene ring substituents is 1. The topological polar surface area (TPSA) is 108 Å². The van der Waals surface area contributed by atoms with Crippen molar-refractivity contribution in [3.63, 3.8) is 0 Å². The molecule has 0 aliphatic rings. The standard InChI is InChI=1S/C22H24F2N2O6/c1-12(32-22(2,3)4)19(21(28)31-5)25-20(27)15-8-6-14(11-18(15)26(29)30)13-7-9-16(23)17(24)10-13/h6-12,19H,1-5H3,(H,25,27)/t12-,19+/m1/s1. The van der Waals surface area contributed by atoms with Gasteiger partial charge in [0, 0.05) is 6.07 Å². The van der Waals surface area contributed by atoms with Crippen molar-refractivity contribution in [1.29, 1.82) is 0 Å². The Hall–Kier alpha value is -3.40. The van der Waals surface area contributed by atoms with E-state index < -0.39 is 51.9 Å². The van der Waals surface area contributed by atoms with Crippen molar-refractivity contribution < 1.29 is 32.8 Å². The Morgan fingerprint density at radius 1 is 1.06 bits per heavy atom. The Morgan fingerprint density at radius 3 is 2.19 bits per heavy atom. The first-order valence-corrected chi connectivity index (χ1v) is 9.64. The fraction of sp³-hybridized carbons (Fsp3) is 0.364. The second kappa shape index (κ2) is 9.82. The minimum Gasteiger partial charge on any atom is -0.467 e. The van der Waals surface area contributed by atoms with Gasteiger partial charge in [-0.25, -0.2) is 13.6 Å². The summed E-state index contributed by atoms with van der Waals surface area (Å²) in [5, 5.41) is 14.0. The van der Waals surface area contributed by atoms with Crippen LogP contribution in [0.4, 0.5) is 14.5 Å². The van der Waals surface area contributed by atoms with E-state index in [0.29, 0.717) is 0 Å². The van der Waals surface area contributed by atoms with E-state index in [2.05, 4.69) is 5.32 Å². The van der Waals surface area contributed by atoms with Crippen LogP contribution in [0, 0.1) is 21.7 Å². The van der Waals surface area contributed by atoms with Crippen molar-refractivity contribution in [2.75, 3.05) is 7.11 Å². The van der Waals surface area contributed by atoms with Crippen LogP contribution in [0.2, 0.25) is 0 Å². The minimum absolute atomic E-state index is 0.193. The number of rotatable bonds is 7. The Bertz CT molecular complexity index is 1040. The van der Waals surface area contributed by atoms with Gasteiger partial charge in [-0.2, -0.15) is 0 Å². The predicted octanol–water partition coefficient (Wildman–Crippen LogP) is 4.02. The highest BCUT2D eigenvalue weighted by atomic mass is 19.2. The van der Waals surface area contributed by atoms with Crippen LogP contribution in [0.25, 0.3) is 11.1 Å². The first-order valence-electron chi connectivity index (χ1n) is 9.64. The molecule has 10 heteroatoms. The van der Waals surface area contributed by atoms with Gasteiger partial charge in [-0.15, -0.1) is 0 Å². The van der Waals surface area contributed by atoms with Crippen molar-refractivity contribution >= 4 is 17.6 Å². The smallest absolute Gasteiger partial charge is 0.331 e. The molecule has 2 atom stereocenters. The monoisotopic (exact) mass is 450 g/mol. The Labute approximate surface area is 183 Å². The average molecular weight is 450 g/mol. The van der Waals surface area contributed by atoms with E-state index >= 15 is 0 Å². The van der Waals surface area contributed by atoms with E-state index in [-0.39, 0.29) is 16.7 Å². The van der Waals surface area contributed by atoms with Crippen molar-refractivity contribution in [3.8, 4) is 11.1 Å². The number of nitro groups is 1. The number of benzene rings is 2. The van der Waals surface area contributed by atoms with E-state index in [1.165, 1.54) is 18.2 Å². The third kappa shape index (κ3) is 6.07. The van der Waals surface area contributed by atoms with Gasteiger partial charge in [-0.3, -0.25) is 14.9 Å². The van der Waals surface area contributed by atoms with Gasteiger partial charge in [0.1, 0.15) is 5.56 Å². The van der Waals surface area contributed by atoms with Crippen molar-refractivity contribution in [1.82, 2.24) is 5.32 Å². The molecule has 1 N–H and O–H groups in total. The van der Waals surface area contributed by atoms with Gasteiger partial charge in [-0.05, 0) is 57.0 Å². The van der Waals surface area contributed by atoms with Crippen molar-refractivity contribution in [2.24, 2.45) is 0 Å². The molecular weight excluding hydrogens is 426 g/mol. The van der Waals surface area contributed by atoms with Crippen LogP contribution in [-0.2, 0) is 14.3 Å². The maximum atomic E-state index is 13.5. The summed E-state index contributed by atoms with van der Waals surface area (Å²) in [6, 6.07) is 5.43.